The first kappa shape index (κ1) is 14.2. The SMILES string of the molecule is CCOC(=O)c1cnn(C(C)(C)C(O)I)c1O. The van der Waals surface area contributed by atoms with E-state index in [2.05, 4.69) is 5.10 Å². The molecule has 0 radical (unpaired) electrons. The second-order valence-corrected chi connectivity index (χ2v) is 5.18. The van der Waals surface area contributed by atoms with Gasteiger partial charge in [0.05, 0.1) is 18.3 Å². The average molecular weight is 354 g/mol. The summed E-state index contributed by atoms with van der Waals surface area (Å²) in [7, 11) is 0. The van der Waals surface area contributed by atoms with Crippen LogP contribution in [0.2, 0.25) is 0 Å². The highest BCUT2D eigenvalue weighted by Gasteiger charge is 2.33. The molecular weight excluding hydrogens is 339 g/mol. The third kappa shape index (κ3) is 2.71. The number of carbonyl (C=O) groups excluding carboxylic acids is 1. The highest BCUT2D eigenvalue weighted by atomic mass is 127. The molecule has 0 saturated heterocycles. The van der Waals surface area contributed by atoms with Crippen LogP contribution in [0.4, 0.5) is 0 Å². The summed E-state index contributed by atoms with van der Waals surface area (Å²) in [6.07, 6.45) is 1.23. The Labute approximate surface area is 113 Å². The summed E-state index contributed by atoms with van der Waals surface area (Å²) in [4.78, 5) is 11.5. The predicted octanol–water partition coefficient (Wildman–Crippen LogP) is 1.25. The van der Waals surface area contributed by atoms with Gasteiger partial charge in [0.2, 0.25) is 5.88 Å². The number of carbonyl (C=O) groups is 1. The molecule has 0 spiro atoms. The van der Waals surface area contributed by atoms with Gasteiger partial charge in [-0.1, -0.05) is 0 Å². The zero-order chi connectivity index (χ0) is 13.2. The first-order chi connectivity index (χ1) is 7.82. The molecule has 0 aliphatic heterocycles. The third-order valence-electron chi connectivity index (χ3n) is 2.37. The number of rotatable bonds is 4. The van der Waals surface area contributed by atoms with Crippen molar-refractivity contribution in [3.05, 3.63) is 11.8 Å². The number of ether oxygens (including phenoxy) is 1. The maximum atomic E-state index is 11.5. The zero-order valence-corrected chi connectivity index (χ0v) is 12.0. The molecule has 0 fully saturated rings. The van der Waals surface area contributed by atoms with Crippen LogP contribution in [0.25, 0.3) is 0 Å². The first-order valence-corrected chi connectivity index (χ1v) is 6.33. The molecule has 96 valence electrons. The van der Waals surface area contributed by atoms with Crippen LogP contribution in [0.1, 0.15) is 31.1 Å². The summed E-state index contributed by atoms with van der Waals surface area (Å²) in [6.45, 7) is 5.30. The second-order valence-electron chi connectivity index (χ2n) is 4.00. The lowest BCUT2D eigenvalue weighted by Crippen LogP contribution is -2.36. The van der Waals surface area contributed by atoms with Crippen molar-refractivity contribution >= 4 is 28.6 Å². The number of aromatic nitrogens is 2. The standard InChI is InChI=1S/C10H15IN2O4/c1-4-17-8(15)6-5-12-13(7(6)14)10(2,3)9(11)16/h5,9,14,16H,4H2,1-3H3. The van der Waals surface area contributed by atoms with E-state index in [0.29, 0.717) is 0 Å². The Morgan fingerprint density at radius 3 is 2.76 bits per heavy atom. The summed E-state index contributed by atoms with van der Waals surface area (Å²) < 4.78 is 5.22. The van der Waals surface area contributed by atoms with Gasteiger partial charge in [0.25, 0.3) is 0 Å². The van der Waals surface area contributed by atoms with Crippen LogP contribution in [0.15, 0.2) is 6.20 Å². The number of hydrogen-bond acceptors (Lipinski definition) is 5. The van der Waals surface area contributed by atoms with Crippen LogP contribution in [-0.2, 0) is 10.3 Å². The topological polar surface area (TPSA) is 84.6 Å². The third-order valence-corrected chi connectivity index (χ3v) is 3.89. The van der Waals surface area contributed by atoms with Crippen LogP contribution >= 0.6 is 22.6 Å². The van der Waals surface area contributed by atoms with Gasteiger partial charge < -0.3 is 14.9 Å². The van der Waals surface area contributed by atoms with Gasteiger partial charge in [-0.25, -0.2) is 9.48 Å². The molecule has 0 aliphatic rings. The monoisotopic (exact) mass is 354 g/mol. The summed E-state index contributed by atoms with van der Waals surface area (Å²) in [5.74, 6) is -0.931. The van der Waals surface area contributed by atoms with E-state index in [1.807, 2.05) is 22.6 Å². The van der Waals surface area contributed by atoms with Crippen molar-refractivity contribution < 1.29 is 19.7 Å². The highest BCUT2D eigenvalue weighted by molar-refractivity contribution is 14.1. The molecule has 0 aliphatic carbocycles. The summed E-state index contributed by atoms with van der Waals surface area (Å²) in [6, 6.07) is 0. The molecule has 2 N–H and O–H groups in total. The average Bonchev–Trinajstić information content (AvgIpc) is 2.60. The lowest BCUT2D eigenvalue weighted by atomic mass is 10.1. The van der Waals surface area contributed by atoms with Gasteiger partial charge in [-0.15, -0.1) is 0 Å². The molecule has 1 rings (SSSR count). The van der Waals surface area contributed by atoms with Crippen molar-refractivity contribution in [3.8, 4) is 5.88 Å². The van der Waals surface area contributed by atoms with Gasteiger partial charge in [-0.2, -0.15) is 5.10 Å². The molecule has 1 aromatic rings. The van der Waals surface area contributed by atoms with Crippen LogP contribution in [0.5, 0.6) is 5.88 Å². The fraction of sp³-hybridized carbons (Fsp3) is 0.600. The Bertz CT molecular complexity index is 414. The molecule has 17 heavy (non-hydrogen) atoms. The van der Waals surface area contributed by atoms with E-state index < -0.39 is 15.6 Å². The summed E-state index contributed by atoms with van der Waals surface area (Å²) in [5, 5.41) is 23.4. The molecule has 0 saturated carbocycles. The Kier molecular flexibility index (Phi) is 4.36. The molecule has 6 nitrogen and oxygen atoms in total. The van der Waals surface area contributed by atoms with Crippen LogP contribution in [-0.4, -0.2) is 36.7 Å². The van der Waals surface area contributed by atoms with Crippen LogP contribution < -0.4 is 0 Å². The Hall–Kier alpha value is -0.830. The van der Waals surface area contributed by atoms with Crippen LogP contribution in [0, 0.1) is 0 Å². The number of aliphatic hydroxyl groups is 1. The number of nitrogens with zero attached hydrogens (tertiary/aromatic N) is 2. The predicted molar refractivity (Wildman–Crippen MR) is 69.2 cm³/mol. The van der Waals surface area contributed by atoms with E-state index in [9.17, 15) is 15.0 Å². The zero-order valence-electron chi connectivity index (χ0n) is 9.85. The van der Waals surface area contributed by atoms with Crippen molar-refractivity contribution in [1.82, 2.24) is 9.78 Å². The maximum Gasteiger partial charge on any atom is 0.345 e. The van der Waals surface area contributed by atoms with E-state index in [-0.39, 0.29) is 18.1 Å². The molecule has 1 heterocycles. The normalized spacial score (nSPS) is 13.5. The van der Waals surface area contributed by atoms with E-state index in [0.717, 1.165) is 0 Å². The molecule has 7 heteroatoms. The quantitative estimate of drug-likeness (QED) is 0.483. The molecule has 1 atom stereocenters. The minimum absolute atomic E-state index is 0.00280. The number of alkyl halides is 1. The Morgan fingerprint density at radius 1 is 1.71 bits per heavy atom. The smallest absolute Gasteiger partial charge is 0.345 e. The van der Waals surface area contributed by atoms with Crippen LogP contribution in [0.3, 0.4) is 0 Å². The Balaban J connectivity index is 3.11. The summed E-state index contributed by atoms with van der Waals surface area (Å²) >= 11 is 1.82. The number of esters is 1. The fourth-order valence-corrected chi connectivity index (χ4v) is 1.48. The van der Waals surface area contributed by atoms with Crippen molar-refractivity contribution in [1.29, 1.82) is 0 Å². The summed E-state index contributed by atoms with van der Waals surface area (Å²) in [5.41, 5.74) is -0.827. The molecule has 1 aromatic heterocycles. The second kappa shape index (κ2) is 5.21. The largest absolute Gasteiger partial charge is 0.493 e. The van der Waals surface area contributed by atoms with Gasteiger partial charge in [-0.3, -0.25) is 0 Å². The van der Waals surface area contributed by atoms with Crippen molar-refractivity contribution in [2.45, 2.75) is 30.4 Å². The molecule has 0 bridgehead atoms. The van der Waals surface area contributed by atoms with E-state index >= 15 is 0 Å². The fourth-order valence-electron chi connectivity index (χ4n) is 1.22. The van der Waals surface area contributed by atoms with Gasteiger partial charge in [0.1, 0.15) is 9.67 Å². The Morgan fingerprint density at radius 2 is 2.29 bits per heavy atom. The minimum Gasteiger partial charge on any atom is -0.493 e. The number of aliphatic hydroxyl groups excluding tert-OH is 1. The molecular formula is C10H15IN2O4. The molecule has 1 unspecified atom stereocenters. The number of hydrogen-bond donors (Lipinski definition) is 2. The van der Waals surface area contributed by atoms with Gasteiger partial charge in [0.15, 0.2) is 0 Å². The van der Waals surface area contributed by atoms with Crippen molar-refractivity contribution in [3.63, 3.8) is 0 Å². The molecule has 0 amide bonds. The lowest BCUT2D eigenvalue weighted by Gasteiger charge is -2.27. The minimum atomic E-state index is -0.824. The van der Waals surface area contributed by atoms with E-state index in [1.54, 1.807) is 20.8 Å². The first-order valence-electron chi connectivity index (χ1n) is 5.09. The van der Waals surface area contributed by atoms with Crippen molar-refractivity contribution in [2.75, 3.05) is 6.61 Å². The maximum absolute atomic E-state index is 11.5. The number of aromatic hydroxyl groups is 1. The van der Waals surface area contributed by atoms with E-state index in [4.69, 9.17) is 4.74 Å². The highest BCUT2D eigenvalue weighted by Crippen LogP contribution is 2.30. The lowest BCUT2D eigenvalue weighted by molar-refractivity contribution is 0.0521. The van der Waals surface area contributed by atoms with E-state index in [1.165, 1.54) is 10.9 Å². The molecule has 0 aromatic carbocycles. The number of halogens is 1. The van der Waals surface area contributed by atoms with Gasteiger partial charge >= 0.3 is 5.97 Å². The van der Waals surface area contributed by atoms with Gasteiger partial charge in [-0.05, 0) is 43.4 Å². The van der Waals surface area contributed by atoms with Gasteiger partial charge in [0, 0.05) is 0 Å². The van der Waals surface area contributed by atoms with Crippen molar-refractivity contribution in [2.24, 2.45) is 0 Å².